The van der Waals surface area contributed by atoms with Crippen LogP contribution in [0.15, 0.2) is 12.4 Å². The Morgan fingerprint density at radius 1 is 1.45 bits per heavy atom. The zero-order valence-corrected chi connectivity index (χ0v) is 11.9. The number of likely N-dealkylation sites (tertiary alicyclic amines) is 1. The Balaban J connectivity index is 2.18. The van der Waals surface area contributed by atoms with Gasteiger partial charge in [-0.25, -0.2) is 9.97 Å². The zero-order valence-electron chi connectivity index (χ0n) is 11.2. The number of aromatic nitrogens is 2. The number of rotatable bonds is 3. The number of halogens is 1. The summed E-state index contributed by atoms with van der Waals surface area (Å²) < 4.78 is 0. The summed E-state index contributed by atoms with van der Waals surface area (Å²) in [6.45, 7) is 2.59. The highest BCUT2D eigenvalue weighted by Crippen LogP contribution is 2.34. The van der Waals surface area contributed by atoms with Gasteiger partial charge in [0, 0.05) is 13.1 Å². The van der Waals surface area contributed by atoms with Gasteiger partial charge in [0.05, 0.1) is 17.8 Å². The number of carbonyl (C=O) groups is 2. The van der Waals surface area contributed by atoms with Gasteiger partial charge < -0.3 is 10.0 Å². The lowest BCUT2D eigenvalue weighted by Crippen LogP contribution is -2.49. The Morgan fingerprint density at radius 3 is 2.75 bits per heavy atom. The molecule has 2 heterocycles. The lowest BCUT2D eigenvalue weighted by Gasteiger charge is -2.39. The fourth-order valence-electron chi connectivity index (χ4n) is 2.50. The first-order chi connectivity index (χ1) is 9.48. The Bertz CT molecular complexity index is 520. The molecule has 20 heavy (non-hydrogen) atoms. The molecule has 1 N–H and O–H groups in total. The highest BCUT2D eigenvalue weighted by Gasteiger charge is 2.42. The number of hydrogen-bond donors (Lipinski definition) is 1. The second kappa shape index (κ2) is 5.75. The van der Waals surface area contributed by atoms with E-state index in [1.165, 1.54) is 12.4 Å². The lowest BCUT2D eigenvalue weighted by molar-refractivity contribution is -0.152. The van der Waals surface area contributed by atoms with Crippen molar-refractivity contribution >= 4 is 23.5 Å². The Labute approximate surface area is 121 Å². The molecule has 7 heteroatoms. The molecule has 1 aliphatic rings. The third-order valence-electron chi connectivity index (χ3n) is 3.83. The number of piperidine rings is 1. The number of carboxylic acid groups (broad SMARTS) is 1. The molecule has 1 amide bonds. The molecule has 0 spiro atoms. The molecule has 0 bridgehead atoms. The predicted octanol–water partition coefficient (Wildman–Crippen LogP) is 1.85. The van der Waals surface area contributed by atoms with E-state index in [4.69, 9.17) is 11.6 Å². The number of aliphatic carboxylic acids is 1. The highest BCUT2D eigenvalue weighted by molar-refractivity contribution is 6.29. The van der Waals surface area contributed by atoms with Crippen molar-refractivity contribution in [3.63, 3.8) is 0 Å². The van der Waals surface area contributed by atoms with E-state index in [0.29, 0.717) is 25.8 Å². The van der Waals surface area contributed by atoms with Crippen molar-refractivity contribution < 1.29 is 14.7 Å². The minimum atomic E-state index is -0.853. The van der Waals surface area contributed by atoms with E-state index >= 15 is 0 Å². The van der Waals surface area contributed by atoms with E-state index in [1.807, 2.05) is 6.92 Å². The van der Waals surface area contributed by atoms with E-state index in [-0.39, 0.29) is 23.3 Å². The maximum absolute atomic E-state index is 12.3. The van der Waals surface area contributed by atoms with Gasteiger partial charge in [-0.05, 0) is 19.3 Å². The Hall–Kier alpha value is -1.69. The van der Waals surface area contributed by atoms with Crippen molar-refractivity contribution in [2.45, 2.75) is 26.2 Å². The van der Waals surface area contributed by atoms with Crippen molar-refractivity contribution in [1.82, 2.24) is 14.9 Å². The van der Waals surface area contributed by atoms with Gasteiger partial charge in [0.25, 0.3) is 5.91 Å². The first kappa shape index (κ1) is 14.7. The highest BCUT2D eigenvalue weighted by atomic mass is 35.5. The van der Waals surface area contributed by atoms with Crippen LogP contribution in [0.1, 0.15) is 36.7 Å². The molecule has 1 aliphatic heterocycles. The summed E-state index contributed by atoms with van der Waals surface area (Å²) in [4.78, 5) is 33.1. The van der Waals surface area contributed by atoms with Crippen LogP contribution in [0.4, 0.5) is 0 Å². The molecule has 0 aromatic carbocycles. The largest absolute Gasteiger partial charge is 0.481 e. The van der Waals surface area contributed by atoms with E-state index in [9.17, 15) is 14.7 Å². The fraction of sp³-hybridized carbons (Fsp3) is 0.538. The second-order valence-corrected chi connectivity index (χ2v) is 5.38. The summed E-state index contributed by atoms with van der Waals surface area (Å²) in [7, 11) is 0. The molecule has 0 aliphatic carbocycles. The van der Waals surface area contributed by atoms with Crippen LogP contribution in [0.3, 0.4) is 0 Å². The molecular formula is C13H16ClN3O3. The van der Waals surface area contributed by atoms with Crippen LogP contribution in [-0.2, 0) is 4.79 Å². The van der Waals surface area contributed by atoms with Crippen molar-refractivity contribution in [2.24, 2.45) is 5.41 Å². The van der Waals surface area contributed by atoms with Gasteiger partial charge >= 0.3 is 5.97 Å². The van der Waals surface area contributed by atoms with Gasteiger partial charge in [0.15, 0.2) is 0 Å². The molecule has 108 valence electrons. The van der Waals surface area contributed by atoms with Gasteiger partial charge in [0.2, 0.25) is 0 Å². The van der Waals surface area contributed by atoms with Gasteiger partial charge in [-0.15, -0.1) is 0 Å². The van der Waals surface area contributed by atoms with Gasteiger partial charge in [0.1, 0.15) is 10.8 Å². The van der Waals surface area contributed by atoms with Crippen LogP contribution < -0.4 is 0 Å². The molecule has 1 saturated heterocycles. The van der Waals surface area contributed by atoms with E-state index in [2.05, 4.69) is 9.97 Å². The summed E-state index contributed by atoms with van der Waals surface area (Å²) in [6, 6.07) is 0. The molecule has 0 saturated carbocycles. The molecule has 2 rings (SSSR count). The summed E-state index contributed by atoms with van der Waals surface area (Å²) in [5.41, 5.74) is -0.667. The molecule has 0 radical (unpaired) electrons. The first-order valence-electron chi connectivity index (χ1n) is 6.49. The number of carboxylic acids is 1. The quantitative estimate of drug-likeness (QED) is 0.920. The summed E-state index contributed by atoms with van der Waals surface area (Å²) >= 11 is 5.64. The molecule has 1 aromatic heterocycles. The first-order valence-corrected chi connectivity index (χ1v) is 6.86. The minimum Gasteiger partial charge on any atom is -0.481 e. The average Bonchev–Trinajstić information content (AvgIpc) is 2.47. The summed E-state index contributed by atoms with van der Waals surface area (Å²) in [6.07, 6.45) is 4.39. The maximum atomic E-state index is 12.3. The minimum absolute atomic E-state index is 0.187. The van der Waals surface area contributed by atoms with Gasteiger partial charge in [-0.3, -0.25) is 9.59 Å². The van der Waals surface area contributed by atoms with Crippen molar-refractivity contribution in [3.05, 3.63) is 23.2 Å². The molecule has 6 nitrogen and oxygen atoms in total. The van der Waals surface area contributed by atoms with Gasteiger partial charge in [-0.1, -0.05) is 18.5 Å². The molecule has 1 fully saturated rings. The van der Waals surface area contributed by atoms with E-state index in [0.717, 1.165) is 0 Å². The number of amides is 1. The Morgan fingerprint density at radius 2 is 2.20 bits per heavy atom. The molecule has 1 aromatic rings. The van der Waals surface area contributed by atoms with Crippen LogP contribution >= 0.6 is 11.6 Å². The maximum Gasteiger partial charge on any atom is 0.311 e. The van der Waals surface area contributed by atoms with Crippen molar-refractivity contribution in [3.8, 4) is 0 Å². The van der Waals surface area contributed by atoms with Crippen LogP contribution in [-0.4, -0.2) is 44.9 Å². The van der Waals surface area contributed by atoms with Crippen LogP contribution in [0.25, 0.3) is 0 Å². The third kappa shape index (κ3) is 2.75. The Kier molecular flexibility index (Phi) is 4.23. The van der Waals surface area contributed by atoms with Crippen molar-refractivity contribution in [2.75, 3.05) is 13.1 Å². The second-order valence-electron chi connectivity index (χ2n) is 4.99. The lowest BCUT2D eigenvalue weighted by atomic mass is 9.77. The number of carbonyl (C=O) groups excluding carboxylic acids is 1. The van der Waals surface area contributed by atoms with Crippen LogP contribution in [0.5, 0.6) is 0 Å². The topological polar surface area (TPSA) is 83.4 Å². The number of nitrogens with zero attached hydrogens (tertiary/aromatic N) is 3. The smallest absolute Gasteiger partial charge is 0.311 e. The van der Waals surface area contributed by atoms with Gasteiger partial charge in [-0.2, -0.15) is 0 Å². The monoisotopic (exact) mass is 297 g/mol. The zero-order chi connectivity index (χ0) is 14.8. The third-order valence-corrected chi connectivity index (χ3v) is 4.03. The standard InChI is InChI=1S/C13H16ClN3O3/c1-2-13(12(19)20)4-3-5-17(8-13)11(18)9-6-16-10(14)7-15-9/h6-7H,2-5,8H2,1H3,(H,19,20). The summed E-state index contributed by atoms with van der Waals surface area (Å²) in [5.74, 6) is -1.15. The molecule has 1 atom stereocenters. The molecule has 1 unspecified atom stereocenters. The van der Waals surface area contributed by atoms with Crippen LogP contribution in [0, 0.1) is 5.41 Å². The summed E-state index contributed by atoms with van der Waals surface area (Å²) in [5, 5.41) is 9.63. The van der Waals surface area contributed by atoms with Crippen LogP contribution in [0.2, 0.25) is 5.15 Å². The van der Waals surface area contributed by atoms with E-state index < -0.39 is 11.4 Å². The van der Waals surface area contributed by atoms with Crippen molar-refractivity contribution in [1.29, 1.82) is 0 Å². The normalized spacial score (nSPS) is 22.6. The average molecular weight is 298 g/mol. The number of hydrogen-bond acceptors (Lipinski definition) is 4. The fourth-order valence-corrected chi connectivity index (χ4v) is 2.60. The SMILES string of the molecule is CCC1(C(=O)O)CCCN(C(=O)c2cnc(Cl)cn2)C1. The van der Waals surface area contributed by atoms with E-state index in [1.54, 1.807) is 4.90 Å². The predicted molar refractivity (Wildman–Crippen MR) is 72.5 cm³/mol. The molecular weight excluding hydrogens is 282 g/mol.